The van der Waals surface area contributed by atoms with Crippen molar-refractivity contribution in [3.05, 3.63) is 16.3 Å². The molecule has 96 valence electrons. The van der Waals surface area contributed by atoms with Crippen LogP contribution in [0.1, 0.15) is 11.8 Å². The van der Waals surface area contributed by atoms with Crippen molar-refractivity contribution in [2.75, 3.05) is 18.1 Å². The molecular formula is C10H14ClNO2S3. The maximum atomic E-state index is 12.4. The van der Waals surface area contributed by atoms with Crippen LogP contribution in [0.25, 0.3) is 0 Å². The SMILES string of the molecule is CC1CSCCN1S(=O)(=O)c1csc(CCl)c1. The summed E-state index contributed by atoms with van der Waals surface area (Å²) in [5.41, 5.74) is 0. The number of thioether (sulfide) groups is 1. The van der Waals surface area contributed by atoms with Gasteiger partial charge in [0.2, 0.25) is 10.0 Å². The molecule has 0 saturated carbocycles. The standard InChI is InChI=1S/C10H14ClNO2S3/c1-8-6-15-3-2-12(8)17(13,14)10-4-9(5-11)16-7-10/h4,7-8H,2-3,5-6H2,1H3. The van der Waals surface area contributed by atoms with Crippen LogP contribution in [0.5, 0.6) is 0 Å². The number of rotatable bonds is 3. The molecule has 1 unspecified atom stereocenters. The third-order valence-corrected chi connectivity index (χ3v) is 7.39. The zero-order chi connectivity index (χ0) is 12.5. The summed E-state index contributed by atoms with van der Waals surface area (Å²) >= 11 is 8.91. The predicted molar refractivity (Wildman–Crippen MR) is 74.6 cm³/mol. The topological polar surface area (TPSA) is 37.4 Å². The van der Waals surface area contributed by atoms with E-state index in [1.165, 1.54) is 11.3 Å². The minimum absolute atomic E-state index is 0.0677. The van der Waals surface area contributed by atoms with Gasteiger partial charge < -0.3 is 0 Å². The first-order valence-corrected chi connectivity index (χ1v) is 9.29. The molecule has 0 aromatic carbocycles. The van der Waals surface area contributed by atoms with Crippen LogP contribution in [0.2, 0.25) is 0 Å². The number of hydrogen-bond acceptors (Lipinski definition) is 4. The quantitative estimate of drug-likeness (QED) is 0.805. The van der Waals surface area contributed by atoms with E-state index in [4.69, 9.17) is 11.6 Å². The summed E-state index contributed by atoms with van der Waals surface area (Å²) in [6.07, 6.45) is 0. The average Bonchev–Trinajstić information content (AvgIpc) is 2.78. The number of thiophene rings is 1. The second-order valence-electron chi connectivity index (χ2n) is 3.92. The minimum atomic E-state index is -3.33. The largest absolute Gasteiger partial charge is 0.244 e. The molecule has 1 saturated heterocycles. The van der Waals surface area contributed by atoms with Crippen LogP contribution in [0.4, 0.5) is 0 Å². The Bertz CT molecular complexity index is 485. The van der Waals surface area contributed by atoms with Crippen molar-refractivity contribution in [1.82, 2.24) is 4.31 Å². The van der Waals surface area contributed by atoms with E-state index in [9.17, 15) is 8.42 Å². The fraction of sp³-hybridized carbons (Fsp3) is 0.600. The average molecular weight is 312 g/mol. The third kappa shape index (κ3) is 2.81. The lowest BCUT2D eigenvalue weighted by Gasteiger charge is -2.31. The van der Waals surface area contributed by atoms with Gasteiger partial charge in [0.1, 0.15) is 0 Å². The molecule has 0 N–H and O–H groups in total. The molecule has 3 nitrogen and oxygen atoms in total. The Hall–Kier alpha value is 0.250. The second kappa shape index (κ2) is 5.48. The molecule has 1 fully saturated rings. The Balaban J connectivity index is 2.28. The van der Waals surface area contributed by atoms with Crippen LogP contribution in [-0.2, 0) is 15.9 Å². The summed E-state index contributed by atoms with van der Waals surface area (Å²) < 4.78 is 26.4. The van der Waals surface area contributed by atoms with Crippen LogP contribution in [0.15, 0.2) is 16.3 Å². The van der Waals surface area contributed by atoms with Gasteiger partial charge in [-0.15, -0.1) is 22.9 Å². The van der Waals surface area contributed by atoms with E-state index in [2.05, 4.69) is 0 Å². The third-order valence-electron chi connectivity index (χ3n) is 2.67. The first-order valence-electron chi connectivity index (χ1n) is 5.28. The van der Waals surface area contributed by atoms with E-state index < -0.39 is 10.0 Å². The van der Waals surface area contributed by atoms with E-state index in [1.54, 1.807) is 27.5 Å². The van der Waals surface area contributed by atoms with E-state index in [0.29, 0.717) is 17.3 Å². The van der Waals surface area contributed by atoms with Crippen LogP contribution in [0, 0.1) is 0 Å². The molecule has 0 bridgehead atoms. The maximum Gasteiger partial charge on any atom is 0.244 e. The molecular weight excluding hydrogens is 298 g/mol. The molecule has 2 heterocycles. The zero-order valence-corrected chi connectivity index (χ0v) is 12.6. The van der Waals surface area contributed by atoms with Crippen molar-refractivity contribution < 1.29 is 8.42 Å². The van der Waals surface area contributed by atoms with Gasteiger partial charge in [-0.05, 0) is 13.0 Å². The molecule has 1 aromatic heterocycles. The smallest absolute Gasteiger partial charge is 0.207 e. The summed E-state index contributed by atoms with van der Waals surface area (Å²) in [5.74, 6) is 2.10. The number of sulfonamides is 1. The van der Waals surface area contributed by atoms with E-state index in [0.717, 1.165) is 16.4 Å². The lowest BCUT2D eigenvalue weighted by atomic mass is 10.4. The van der Waals surface area contributed by atoms with E-state index >= 15 is 0 Å². The highest BCUT2D eigenvalue weighted by Crippen LogP contribution is 2.27. The highest BCUT2D eigenvalue weighted by Gasteiger charge is 2.31. The number of hydrogen-bond donors (Lipinski definition) is 0. The van der Waals surface area contributed by atoms with Crippen molar-refractivity contribution in [1.29, 1.82) is 0 Å². The normalized spacial score (nSPS) is 22.8. The summed E-state index contributed by atoms with van der Waals surface area (Å²) in [4.78, 5) is 1.28. The summed E-state index contributed by atoms with van der Waals surface area (Å²) in [5, 5.41) is 1.68. The zero-order valence-electron chi connectivity index (χ0n) is 9.43. The minimum Gasteiger partial charge on any atom is -0.207 e. The number of alkyl halides is 1. The van der Waals surface area contributed by atoms with Crippen LogP contribution in [0.3, 0.4) is 0 Å². The molecule has 1 aliphatic heterocycles. The summed E-state index contributed by atoms with van der Waals surface area (Å²) in [6, 6.07) is 1.75. The van der Waals surface area contributed by atoms with Crippen molar-refractivity contribution in [3.8, 4) is 0 Å². The van der Waals surface area contributed by atoms with Crippen molar-refractivity contribution in [3.63, 3.8) is 0 Å². The van der Waals surface area contributed by atoms with Gasteiger partial charge >= 0.3 is 0 Å². The molecule has 0 radical (unpaired) electrons. The van der Waals surface area contributed by atoms with Gasteiger partial charge in [-0.2, -0.15) is 16.1 Å². The van der Waals surface area contributed by atoms with Gasteiger partial charge in [0, 0.05) is 34.3 Å². The van der Waals surface area contributed by atoms with Gasteiger partial charge in [0.25, 0.3) is 0 Å². The lowest BCUT2D eigenvalue weighted by Crippen LogP contribution is -2.44. The Morgan fingerprint density at radius 3 is 2.94 bits per heavy atom. The molecule has 0 amide bonds. The Morgan fingerprint density at radius 2 is 2.35 bits per heavy atom. The second-order valence-corrected chi connectivity index (χ2v) is 8.23. The van der Waals surface area contributed by atoms with Gasteiger partial charge in [0.05, 0.1) is 10.8 Å². The summed E-state index contributed by atoms with van der Waals surface area (Å²) in [6.45, 7) is 2.55. The Labute approximate surface area is 115 Å². The molecule has 17 heavy (non-hydrogen) atoms. The fourth-order valence-corrected chi connectivity index (χ4v) is 6.00. The van der Waals surface area contributed by atoms with Crippen molar-refractivity contribution in [2.24, 2.45) is 0 Å². The molecule has 7 heteroatoms. The van der Waals surface area contributed by atoms with Crippen LogP contribution >= 0.6 is 34.7 Å². The van der Waals surface area contributed by atoms with Crippen LogP contribution < -0.4 is 0 Å². The molecule has 1 aromatic rings. The molecule has 1 aliphatic rings. The van der Waals surface area contributed by atoms with E-state index in [1.807, 2.05) is 6.92 Å². The van der Waals surface area contributed by atoms with Gasteiger partial charge in [-0.25, -0.2) is 8.42 Å². The lowest BCUT2D eigenvalue weighted by molar-refractivity contribution is 0.368. The highest BCUT2D eigenvalue weighted by atomic mass is 35.5. The van der Waals surface area contributed by atoms with Crippen LogP contribution in [-0.4, -0.2) is 36.8 Å². The molecule has 0 spiro atoms. The fourth-order valence-electron chi connectivity index (χ4n) is 1.77. The Morgan fingerprint density at radius 1 is 1.59 bits per heavy atom. The van der Waals surface area contributed by atoms with Gasteiger partial charge in [-0.3, -0.25) is 0 Å². The molecule has 1 atom stereocenters. The summed E-state index contributed by atoms with van der Waals surface area (Å²) in [7, 11) is -3.33. The molecule has 0 aliphatic carbocycles. The molecule has 2 rings (SSSR count). The number of nitrogens with zero attached hydrogens (tertiary/aromatic N) is 1. The highest BCUT2D eigenvalue weighted by molar-refractivity contribution is 7.99. The first kappa shape index (κ1) is 13.7. The van der Waals surface area contributed by atoms with E-state index in [-0.39, 0.29) is 6.04 Å². The maximum absolute atomic E-state index is 12.4. The van der Waals surface area contributed by atoms with Gasteiger partial charge in [-0.1, -0.05) is 0 Å². The van der Waals surface area contributed by atoms with Crippen molar-refractivity contribution in [2.45, 2.75) is 23.7 Å². The first-order chi connectivity index (χ1) is 8.05. The Kier molecular flexibility index (Phi) is 4.41. The monoisotopic (exact) mass is 311 g/mol. The van der Waals surface area contributed by atoms with Gasteiger partial charge in [0.15, 0.2) is 0 Å². The predicted octanol–water partition coefficient (Wildman–Crippen LogP) is 2.61. The number of halogens is 1. The van der Waals surface area contributed by atoms with Crippen molar-refractivity contribution >= 4 is 44.7 Å².